The highest BCUT2D eigenvalue weighted by Gasteiger charge is 2.31. The molecule has 3 unspecified atom stereocenters. The van der Waals surface area contributed by atoms with Crippen LogP contribution < -0.4 is 10.1 Å². The topological polar surface area (TPSA) is 78.8 Å². The van der Waals surface area contributed by atoms with E-state index in [9.17, 15) is 19.4 Å². The number of carbonyl (C=O) groups excluding carboxylic acids is 1. The van der Waals surface area contributed by atoms with E-state index in [2.05, 4.69) is 5.32 Å². The van der Waals surface area contributed by atoms with Crippen molar-refractivity contribution < 1.29 is 24.1 Å². The fourth-order valence-corrected chi connectivity index (χ4v) is 3.53. The van der Waals surface area contributed by atoms with Crippen LogP contribution in [0.2, 0.25) is 0 Å². The smallest absolute Gasteiger partial charge is 0.236 e. The number of aliphatic hydroxyl groups excluding tert-OH is 2. The predicted molar refractivity (Wildman–Crippen MR) is 92.5 cm³/mol. The van der Waals surface area contributed by atoms with Gasteiger partial charge in [-0.25, -0.2) is 4.39 Å². The summed E-state index contributed by atoms with van der Waals surface area (Å²) >= 11 is 1.18. The van der Waals surface area contributed by atoms with Gasteiger partial charge in [-0.3, -0.25) is 4.79 Å². The van der Waals surface area contributed by atoms with Crippen LogP contribution in [0.15, 0.2) is 48.5 Å². The highest BCUT2D eigenvalue weighted by atomic mass is 32.2. The Bertz CT molecular complexity index is 740. The number of hydrogen-bond acceptors (Lipinski definition) is 5. The Morgan fingerprint density at radius 1 is 1.20 bits per heavy atom. The average molecular weight is 363 g/mol. The molecule has 7 heteroatoms. The Morgan fingerprint density at radius 3 is 2.56 bits per heavy atom. The average Bonchev–Trinajstić information content (AvgIpc) is 2.91. The van der Waals surface area contributed by atoms with Crippen molar-refractivity contribution in [2.75, 3.05) is 6.61 Å². The van der Waals surface area contributed by atoms with Gasteiger partial charge in [-0.2, -0.15) is 0 Å². The SMILES string of the molecule is O=C1NC(O)SC1Cc1ccc(OCC(O)c2ccccc2F)cc1. The minimum absolute atomic E-state index is 0.0621. The summed E-state index contributed by atoms with van der Waals surface area (Å²) in [7, 11) is 0. The predicted octanol–water partition coefficient (Wildman–Crippen LogP) is 1.99. The van der Waals surface area contributed by atoms with Crippen LogP contribution >= 0.6 is 11.8 Å². The first-order chi connectivity index (χ1) is 12.0. The Hall–Kier alpha value is -2.09. The molecular formula is C18H18FNO4S. The number of aliphatic hydroxyl groups is 2. The van der Waals surface area contributed by atoms with E-state index in [0.717, 1.165) is 5.56 Å². The van der Waals surface area contributed by atoms with E-state index >= 15 is 0 Å². The molecule has 0 saturated carbocycles. The van der Waals surface area contributed by atoms with Gasteiger partial charge in [0.05, 0.1) is 5.25 Å². The van der Waals surface area contributed by atoms with Crippen LogP contribution in [0, 0.1) is 5.82 Å². The summed E-state index contributed by atoms with van der Waals surface area (Å²) in [6, 6.07) is 13.1. The van der Waals surface area contributed by atoms with Crippen molar-refractivity contribution in [3.63, 3.8) is 0 Å². The maximum absolute atomic E-state index is 13.6. The van der Waals surface area contributed by atoms with Crippen LogP contribution in [0.25, 0.3) is 0 Å². The molecule has 3 rings (SSSR count). The van der Waals surface area contributed by atoms with Gasteiger partial charge in [0.1, 0.15) is 24.3 Å². The molecule has 1 fully saturated rings. The van der Waals surface area contributed by atoms with Crippen molar-refractivity contribution in [2.45, 2.75) is 23.3 Å². The van der Waals surface area contributed by atoms with Crippen molar-refractivity contribution >= 4 is 17.7 Å². The summed E-state index contributed by atoms with van der Waals surface area (Å²) in [5.74, 6) is -0.1000. The second-order valence-electron chi connectivity index (χ2n) is 5.68. The molecule has 0 radical (unpaired) electrons. The zero-order chi connectivity index (χ0) is 17.8. The number of rotatable bonds is 6. The fraction of sp³-hybridized carbons (Fsp3) is 0.278. The normalized spacial score (nSPS) is 21.0. The maximum Gasteiger partial charge on any atom is 0.236 e. The molecular weight excluding hydrogens is 345 g/mol. The van der Waals surface area contributed by atoms with Crippen molar-refractivity contribution in [3.05, 3.63) is 65.5 Å². The molecule has 3 N–H and O–H groups in total. The number of amides is 1. The van der Waals surface area contributed by atoms with E-state index in [1.165, 1.54) is 23.9 Å². The quantitative estimate of drug-likeness (QED) is 0.732. The van der Waals surface area contributed by atoms with Crippen LogP contribution in [-0.4, -0.2) is 33.5 Å². The molecule has 25 heavy (non-hydrogen) atoms. The zero-order valence-electron chi connectivity index (χ0n) is 13.3. The molecule has 1 amide bonds. The maximum atomic E-state index is 13.6. The first-order valence-corrected chi connectivity index (χ1v) is 8.75. The Kier molecular flexibility index (Phi) is 5.57. The highest BCUT2D eigenvalue weighted by Crippen LogP contribution is 2.26. The molecule has 132 valence electrons. The molecule has 1 aliphatic rings. The van der Waals surface area contributed by atoms with E-state index in [1.54, 1.807) is 24.3 Å². The van der Waals surface area contributed by atoms with Crippen LogP contribution in [0.5, 0.6) is 5.75 Å². The lowest BCUT2D eigenvalue weighted by atomic mass is 10.1. The van der Waals surface area contributed by atoms with Gasteiger partial charge in [0.25, 0.3) is 0 Å². The standard InChI is InChI=1S/C18H18FNO4S/c19-14-4-2-1-3-13(14)15(21)10-24-12-7-5-11(6-8-12)9-16-17(22)20-18(23)25-16/h1-8,15-16,18,21,23H,9-10H2,(H,20,22). The minimum atomic E-state index is -1.05. The second-order valence-corrected chi connectivity index (χ2v) is 6.97. The lowest BCUT2D eigenvalue weighted by molar-refractivity contribution is -0.121. The summed E-state index contributed by atoms with van der Waals surface area (Å²) in [5, 5.41) is 21.5. The van der Waals surface area contributed by atoms with Crippen molar-refractivity contribution in [3.8, 4) is 5.75 Å². The zero-order valence-corrected chi connectivity index (χ0v) is 14.1. The number of hydrogen-bond donors (Lipinski definition) is 3. The summed E-state index contributed by atoms with van der Waals surface area (Å²) in [6.45, 7) is -0.0621. The summed E-state index contributed by atoms with van der Waals surface area (Å²) in [6.07, 6.45) is -0.549. The molecule has 2 aromatic carbocycles. The van der Waals surface area contributed by atoms with Gasteiger partial charge in [-0.05, 0) is 30.2 Å². The highest BCUT2D eigenvalue weighted by molar-refractivity contribution is 8.01. The molecule has 3 atom stereocenters. The van der Waals surface area contributed by atoms with Crippen LogP contribution in [0.1, 0.15) is 17.2 Å². The van der Waals surface area contributed by atoms with Gasteiger partial charge in [0.15, 0.2) is 5.56 Å². The van der Waals surface area contributed by atoms with Crippen molar-refractivity contribution in [2.24, 2.45) is 0 Å². The molecule has 2 aromatic rings. The third kappa shape index (κ3) is 4.50. The minimum Gasteiger partial charge on any atom is -0.491 e. The van der Waals surface area contributed by atoms with Crippen molar-refractivity contribution in [1.29, 1.82) is 0 Å². The number of nitrogens with one attached hydrogen (secondary N) is 1. The third-order valence-electron chi connectivity index (χ3n) is 3.87. The van der Waals surface area contributed by atoms with Gasteiger partial charge >= 0.3 is 0 Å². The van der Waals surface area contributed by atoms with E-state index in [-0.39, 0.29) is 23.3 Å². The van der Waals surface area contributed by atoms with Gasteiger partial charge in [0.2, 0.25) is 5.91 Å². The fourth-order valence-electron chi connectivity index (χ4n) is 2.55. The summed E-state index contributed by atoms with van der Waals surface area (Å²) < 4.78 is 19.1. The largest absolute Gasteiger partial charge is 0.491 e. The van der Waals surface area contributed by atoms with Gasteiger partial charge in [-0.15, -0.1) is 0 Å². The number of halogens is 1. The molecule has 1 heterocycles. The molecule has 1 saturated heterocycles. The summed E-state index contributed by atoms with van der Waals surface area (Å²) in [5.41, 5.74) is 0.283. The summed E-state index contributed by atoms with van der Waals surface area (Å²) in [4.78, 5) is 11.6. The first kappa shape index (κ1) is 17.7. The Labute approximate surface area is 148 Å². The lowest BCUT2D eigenvalue weighted by Crippen LogP contribution is -2.27. The second kappa shape index (κ2) is 7.86. The monoisotopic (exact) mass is 363 g/mol. The van der Waals surface area contributed by atoms with E-state index < -0.39 is 17.5 Å². The van der Waals surface area contributed by atoms with Crippen LogP contribution in [0.4, 0.5) is 4.39 Å². The Morgan fingerprint density at radius 2 is 1.92 bits per heavy atom. The molecule has 5 nitrogen and oxygen atoms in total. The molecule has 0 spiro atoms. The third-order valence-corrected chi connectivity index (χ3v) is 4.95. The van der Waals surface area contributed by atoms with Gasteiger partial charge < -0.3 is 20.3 Å². The lowest BCUT2D eigenvalue weighted by Gasteiger charge is -2.14. The van der Waals surface area contributed by atoms with Crippen LogP contribution in [0.3, 0.4) is 0 Å². The molecule has 0 aliphatic carbocycles. The molecule has 0 bridgehead atoms. The van der Waals surface area contributed by atoms with E-state index in [4.69, 9.17) is 4.74 Å². The number of thioether (sulfide) groups is 1. The van der Waals surface area contributed by atoms with E-state index in [0.29, 0.717) is 12.2 Å². The molecule has 1 aliphatic heterocycles. The molecule has 0 aromatic heterocycles. The number of benzene rings is 2. The first-order valence-electron chi connectivity index (χ1n) is 7.81. The van der Waals surface area contributed by atoms with Crippen molar-refractivity contribution in [1.82, 2.24) is 5.32 Å². The number of carbonyl (C=O) groups is 1. The Balaban J connectivity index is 1.54. The van der Waals surface area contributed by atoms with Gasteiger partial charge in [0, 0.05) is 5.56 Å². The van der Waals surface area contributed by atoms with Crippen LogP contribution in [-0.2, 0) is 11.2 Å². The van der Waals surface area contributed by atoms with Gasteiger partial charge in [-0.1, -0.05) is 42.1 Å². The van der Waals surface area contributed by atoms with E-state index in [1.807, 2.05) is 12.1 Å². The number of ether oxygens (including phenoxy) is 1.